The third-order valence-electron chi connectivity index (χ3n) is 1.45. The standard InChI is InChI=1S/C7H7BrClN2O2/c1-13-11(12)7-5(10)3-2-4(8)6(7)9/h2-3H,10H2,1H3/q+1. The van der Waals surface area contributed by atoms with E-state index in [-0.39, 0.29) is 21.3 Å². The van der Waals surface area contributed by atoms with Crippen LogP contribution in [0.15, 0.2) is 16.6 Å². The van der Waals surface area contributed by atoms with Crippen molar-refractivity contribution < 1.29 is 9.76 Å². The van der Waals surface area contributed by atoms with Crippen molar-refractivity contribution in [2.75, 3.05) is 12.8 Å². The lowest BCUT2D eigenvalue weighted by Gasteiger charge is -1.98. The maximum Gasteiger partial charge on any atom is 0.358 e. The van der Waals surface area contributed by atoms with Gasteiger partial charge in [0.2, 0.25) is 0 Å². The zero-order valence-electron chi connectivity index (χ0n) is 6.75. The van der Waals surface area contributed by atoms with E-state index in [0.717, 1.165) is 0 Å². The van der Waals surface area contributed by atoms with Crippen LogP contribution < -0.4 is 5.73 Å². The fourth-order valence-electron chi connectivity index (χ4n) is 0.832. The molecule has 0 spiro atoms. The first kappa shape index (κ1) is 10.3. The zero-order chi connectivity index (χ0) is 10.0. The van der Waals surface area contributed by atoms with Gasteiger partial charge < -0.3 is 5.73 Å². The molecule has 0 amide bonds. The Hall–Kier alpha value is -0.810. The summed E-state index contributed by atoms with van der Waals surface area (Å²) < 4.78 is 0.594. The summed E-state index contributed by atoms with van der Waals surface area (Å²) in [5.74, 6) is 0. The van der Waals surface area contributed by atoms with E-state index in [4.69, 9.17) is 17.3 Å². The van der Waals surface area contributed by atoms with Gasteiger partial charge in [-0.3, -0.25) is 0 Å². The van der Waals surface area contributed by atoms with Crippen LogP contribution in [-0.4, -0.2) is 12.0 Å². The Morgan fingerprint density at radius 3 is 2.77 bits per heavy atom. The lowest BCUT2D eigenvalue weighted by atomic mass is 10.3. The summed E-state index contributed by atoms with van der Waals surface area (Å²) in [6.07, 6.45) is 0. The average molecular weight is 267 g/mol. The van der Waals surface area contributed by atoms with Crippen molar-refractivity contribution in [2.45, 2.75) is 0 Å². The first-order chi connectivity index (χ1) is 6.07. The van der Waals surface area contributed by atoms with E-state index in [0.29, 0.717) is 4.47 Å². The molecule has 4 nitrogen and oxygen atoms in total. The molecule has 6 heteroatoms. The second-order valence-corrected chi connectivity index (χ2v) is 3.47. The fraction of sp³-hybridized carbons (Fsp3) is 0.143. The van der Waals surface area contributed by atoms with Gasteiger partial charge >= 0.3 is 5.69 Å². The molecule has 0 aliphatic carbocycles. The predicted molar refractivity (Wildman–Crippen MR) is 53.9 cm³/mol. The van der Waals surface area contributed by atoms with E-state index >= 15 is 0 Å². The molecule has 13 heavy (non-hydrogen) atoms. The molecule has 0 fully saturated rings. The molecule has 0 aliphatic rings. The number of nitrogen functional groups attached to an aromatic ring is 1. The second-order valence-electron chi connectivity index (χ2n) is 2.24. The van der Waals surface area contributed by atoms with Crippen LogP contribution >= 0.6 is 27.5 Å². The van der Waals surface area contributed by atoms with Crippen LogP contribution in [0.2, 0.25) is 5.02 Å². The zero-order valence-corrected chi connectivity index (χ0v) is 9.09. The molecule has 0 aromatic heterocycles. The summed E-state index contributed by atoms with van der Waals surface area (Å²) in [5, 5.41) is 0.233. The Bertz CT molecular complexity index is 357. The quantitative estimate of drug-likeness (QED) is 0.661. The van der Waals surface area contributed by atoms with Gasteiger partial charge in [-0.25, -0.2) is 4.84 Å². The van der Waals surface area contributed by atoms with Crippen LogP contribution in [0.3, 0.4) is 0 Å². The highest BCUT2D eigenvalue weighted by Crippen LogP contribution is 2.36. The Balaban J connectivity index is 3.33. The Morgan fingerprint density at radius 1 is 1.62 bits per heavy atom. The number of rotatable bonds is 2. The van der Waals surface area contributed by atoms with Crippen molar-refractivity contribution in [3.05, 3.63) is 26.5 Å². The summed E-state index contributed by atoms with van der Waals surface area (Å²) in [7, 11) is 1.24. The maximum absolute atomic E-state index is 11.1. The average Bonchev–Trinajstić information content (AvgIpc) is 2.12. The molecule has 0 saturated carbocycles. The molecule has 0 heterocycles. The molecule has 0 radical (unpaired) electrons. The Morgan fingerprint density at radius 2 is 2.23 bits per heavy atom. The number of hydrogen-bond donors (Lipinski definition) is 1. The van der Waals surface area contributed by atoms with Crippen LogP contribution in [-0.2, 0) is 4.84 Å². The third kappa shape index (κ3) is 1.92. The Labute approximate surface area is 88.3 Å². The minimum absolute atomic E-state index is 0.110. The maximum atomic E-state index is 11.1. The van der Waals surface area contributed by atoms with Gasteiger partial charge in [-0.05, 0) is 28.1 Å². The lowest BCUT2D eigenvalue weighted by molar-refractivity contribution is -0.736. The Kier molecular flexibility index (Phi) is 3.11. The largest absolute Gasteiger partial charge is 0.393 e. The van der Waals surface area contributed by atoms with Crippen LogP contribution in [0.25, 0.3) is 0 Å². The fourth-order valence-corrected chi connectivity index (χ4v) is 1.39. The van der Waals surface area contributed by atoms with Crippen LogP contribution in [0, 0.1) is 4.91 Å². The molecular weight excluding hydrogens is 259 g/mol. The monoisotopic (exact) mass is 265 g/mol. The van der Waals surface area contributed by atoms with Crippen molar-refractivity contribution in [3.8, 4) is 0 Å². The van der Waals surface area contributed by atoms with Crippen LogP contribution in [0.4, 0.5) is 11.4 Å². The molecule has 70 valence electrons. The van der Waals surface area contributed by atoms with Crippen molar-refractivity contribution in [2.24, 2.45) is 0 Å². The van der Waals surface area contributed by atoms with E-state index in [2.05, 4.69) is 20.8 Å². The van der Waals surface area contributed by atoms with Crippen LogP contribution in [0.1, 0.15) is 0 Å². The highest BCUT2D eigenvalue weighted by molar-refractivity contribution is 9.10. The van der Waals surface area contributed by atoms with Crippen LogP contribution in [0.5, 0.6) is 0 Å². The molecular formula is C7H7BrClN2O2+. The summed E-state index contributed by atoms with van der Waals surface area (Å²) >= 11 is 8.99. The van der Waals surface area contributed by atoms with Gasteiger partial charge in [-0.15, -0.1) is 0 Å². The summed E-state index contributed by atoms with van der Waals surface area (Å²) in [6, 6.07) is 3.22. The molecule has 0 unspecified atom stereocenters. The van der Waals surface area contributed by atoms with Gasteiger partial charge in [0.1, 0.15) is 10.7 Å². The smallest absolute Gasteiger partial charge is 0.358 e. The summed E-state index contributed by atoms with van der Waals surface area (Å²) in [4.78, 5) is 15.8. The van der Waals surface area contributed by atoms with Gasteiger partial charge in [0.15, 0.2) is 7.11 Å². The van der Waals surface area contributed by atoms with E-state index in [1.807, 2.05) is 0 Å². The number of nitrogens with zero attached hydrogens (tertiary/aromatic N) is 1. The van der Waals surface area contributed by atoms with E-state index in [9.17, 15) is 4.91 Å². The molecule has 1 rings (SSSR count). The van der Waals surface area contributed by atoms with E-state index in [1.165, 1.54) is 7.11 Å². The van der Waals surface area contributed by atoms with E-state index < -0.39 is 0 Å². The highest BCUT2D eigenvalue weighted by Gasteiger charge is 2.25. The van der Waals surface area contributed by atoms with Crippen molar-refractivity contribution in [1.29, 1.82) is 0 Å². The second kappa shape index (κ2) is 3.93. The topological polar surface area (TPSA) is 55.3 Å². The van der Waals surface area contributed by atoms with Gasteiger partial charge in [0.05, 0.1) is 4.91 Å². The molecule has 1 aromatic carbocycles. The molecule has 0 saturated heterocycles. The molecule has 0 bridgehead atoms. The third-order valence-corrected chi connectivity index (χ3v) is 2.72. The number of hydrogen-bond acceptors (Lipinski definition) is 3. The predicted octanol–water partition coefficient (Wildman–Crippen LogP) is 2.66. The minimum atomic E-state index is 0.110. The normalized spacial score (nSPS) is 9.77. The number of anilines is 1. The molecule has 2 N–H and O–H groups in total. The van der Waals surface area contributed by atoms with Crippen molar-refractivity contribution in [1.82, 2.24) is 0 Å². The highest BCUT2D eigenvalue weighted by atomic mass is 79.9. The van der Waals surface area contributed by atoms with Crippen molar-refractivity contribution in [3.63, 3.8) is 0 Å². The van der Waals surface area contributed by atoms with Crippen molar-refractivity contribution >= 4 is 38.9 Å². The summed E-state index contributed by atoms with van der Waals surface area (Å²) in [5.41, 5.74) is 5.92. The van der Waals surface area contributed by atoms with Gasteiger partial charge in [0, 0.05) is 4.47 Å². The summed E-state index contributed by atoms with van der Waals surface area (Å²) in [6.45, 7) is 0. The van der Waals surface area contributed by atoms with Gasteiger partial charge in [-0.2, -0.15) is 0 Å². The first-order valence-electron chi connectivity index (χ1n) is 3.32. The van der Waals surface area contributed by atoms with Gasteiger partial charge in [0.25, 0.3) is 4.92 Å². The molecule has 0 atom stereocenters. The van der Waals surface area contributed by atoms with E-state index in [1.54, 1.807) is 12.1 Å². The first-order valence-corrected chi connectivity index (χ1v) is 4.50. The number of nitrogens with two attached hydrogens (primary N) is 1. The minimum Gasteiger partial charge on any atom is -0.393 e. The van der Waals surface area contributed by atoms with Gasteiger partial charge in [-0.1, -0.05) is 11.6 Å². The SMILES string of the molecule is CO[N+](=O)c1c(N)ccc(Br)c1Cl. The number of benzene rings is 1. The molecule has 1 aromatic rings. The number of halogens is 2. The molecule has 0 aliphatic heterocycles. The lowest BCUT2D eigenvalue weighted by Crippen LogP contribution is -2.02.